The highest BCUT2D eigenvalue weighted by Gasteiger charge is 2.00. The molecule has 0 saturated heterocycles. The largest absolute Gasteiger partial charge is 0.499 e. The second kappa shape index (κ2) is 2.40. The molecule has 1 N–H and O–H groups in total. The van der Waals surface area contributed by atoms with Crippen molar-refractivity contribution in [2.24, 2.45) is 0 Å². The lowest BCUT2D eigenvalue weighted by Crippen LogP contribution is -1.77. The van der Waals surface area contributed by atoms with Crippen molar-refractivity contribution in [2.75, 3.05) is 0 Å². The van der Waals surface area contributed by atoms with Crippen LogP contribution in [0.3, 0.4) is 0 Å². The molecular formula is C7H10OS. The van der Waals surface area contributed by atoms with Gasteiger partial charge in [-0.2, -0.15) is 0 Å². The molecule has 0 spiro atoms. The Morgan fingerprint density at radius 2 is 2.11 bits per heavy atom. The van der Waals surface area contributed by atoms with E-state index in [1.54, 1.807) is 6.07 Å². The highest BCUT2D eigenvalue weighted by molar-refractivity contribution is 7.13. The first-order valence-corrected chi connectivity index (χ1v) is 3.80. The average molecular weight is 142 g/mol. The zero-order chi connectivity index (χ0) is 6.85. The standard InChI is InChI=1S/C7H10OS/c1-5(2)6-3-4-7(8)9-6/h3-5,8H,1-2H3. The van der Waals surface area contributed by atoms with E-state index < -0.39 is 0 Å². The Labute approximate surface area is 59.0 Å². The van der Waals surface area contributed by atoms with Gasteiger partial charge in [-0.3, -0.25) is 0 Å². The molecule has 50 valence electrons. The van der Waals surface area contributed by atoms with Crippen LogP contribution in [0.5, 0.6) is 5.06 Å². The van der Waals surface area contributed by atoms with Gasteiger partial charge >= 0.3 is 0 Å². The first kappa shape index (κ1) is 6.62. The van der Waals surface area contributed by atoms with Crippen LogP contribution in [0.15, 0.2) is 12.1 Å². The maximum absolute atomic E-state index is 8.92. The van der Waals surface area contributed by atoms with E-state index in [1.807, 2.05) is 6.07 Å². The van der Waals surface area contributed by atoms with E-state index in [4.69, 9.17) is 5.11 Å². The van der Waals surface area contributed by atoms with Gasteiger partial charge in [0, 0.05) is 4.88 Å². The first-order chi connectivity index (χ1) is 4.20. The van der Waals surface area contributed by atoms with Crippen molar-refractivity contribution in [3.05, 3.63) is 17.0 Å². The van der Waals surface area contributed by atoms with Crippen LogP contribution in [0.2, 0.25) is 0 Å². The third-order valence-corrected chi connectivity index (χ3v) is 2.37. The lowest BCUT2D eigenvalue weighted by molar-refractivity contribution is 0.491. The van der Waals surface area contributed by atoms with Gasteiger partial charge in [-0.25, -0.2) is 0 Å². The summed E-state index contributed by atoms with van der Waals surface area (Å²) in [6.45, 7) is 4.23. The molecule has 0 unspecified atom stereocenters. The summed E-state index contributed by atoms with van der Waals surface area (Å²) in [5.41, 5.74) is 0. The maximum atomic E-state index is 8.92. The maximum Gasteiger partial charge on any atom is 0.171 e. The fraction of sp³-hybridized carbons (Fsp3) is 0.429. The Morgan fingerprint density at radius 3 is 2.33 bits per heavy atom. The molecule has 1 rings (SSSR count). The fourth-order valence-corrected chi connectivity index (χ4v) is 1.40. The number of hydrogen-bond donors (Lipinski definition) is 1. The molecule has 1 aromatic heterocycles. The third-order valence-electron chi connectivity index (χ3n) is 1.18. The summed E-state index contributed by atoms with van der Waals surface area (Å²) >= 11 is 1.45. The molecule has 1 heterocycles. The second-order valence-corrected chi connectivity index (χ2v) is 3.42. The molecule has 0 bridgehead atoms. The lowest BCUT2D eigenvalue weighted by atomic mass is 10.2. The summed E-state index contributed by atoms with van der Waals surface area (Å²) in [5.74, 6) is 0.538. The van der Waals surface area contributed by atoms with Gasteiger partial charge in [-0.05, 0) is 18.1 Å². The van der Waals surface area contributed by atoms with Crippen LogP contribution < -0.4 is 0 Å². The molecule has 0 fully saturated rings. The summed E-state index contributed by atoms with van der Waals surface area (Å²) in [4.78, 5) is 1.24. The number of thiophene rings is 1. The first-order valence-electron chi connectivity index (χ1n) is 2.99. The normalized spacial score (nSPS) is 10.6. The number of aromatic hydroxyl groups is 1. The van der Waals surface area contributed by atoms with Crippen LogP contribution >= 0.6 is 11.3 Å². The van der Waals surface area contributed by atoms with Crippen LogP contribution in [-0.2, 0) is 0 Å². The molecule has 1 aromatic rings. The smallest absolute Gasteiger partial charge is 0.171 e. The van der Waals surface area contributed by atoms with E-state index in [9.17, 15) is 0 Å². The van der Waals surface area contributed by atoms with Crippen molar-refractivity contribution in [2.45, 2.75) is 19.8 Å². The predicted octanol–water partition coefficient (Wildman–Crippen LogP) is 2.58. The molecule has 0 amide bonds. The highest BCUT2D eigenvalue weighted by Crippen LogP contribution is 2.28. The van der Waals surface area contributed by atoms with Gasteiger partial charge < -0.3 is 5.11 Å². The summed E-state index contributed by atoms with van der Waals surface area (Å²) in [6.07, 6.45) is 0. The molecule has 1 nitrogen and oxygen atoms in total. The summed E-state index contributed by atoms with van der Waals surface area (Å²) in [5, 5.41) is 9.34. The molecular weight excluding hydrogens is 132 g/mol. The zero-order valence-electron chi connectivity index (χ0n) is 5.59. The van der Waals surface area contributed by atoms with Gasteiger partial charge in [0.2, 0.25) is 0 Å². The number of rotatable bonds is 1. The van der Waals surface area contributed by atoms with E-state index in [1.165, 1.54) is 16.2 Å². The Bertz CT molecular complexity index is 191. The molecule has 0 radical (unpaired) electrons. The van der Waals surface area contributed by atoms with Gasteiger partial charge in [-0.1, -0.05) is 13.8 Å². The fourth-order valence-electron chi connectivity index (χ4n) is 0.653. The van der Waals surface area contributed by atoms with Gasteiger partial charge in [-0.15, -0.1) is 11.3 Å². The van der Waals surface area contributed by atoms with Gasteiger partial charge in [0.15, 0.2) is 5.06 Å². The zero-order valence-corrected chi connectivity index (χ0v) is 6.40. The average Bonchev–Trinajstić information content (AvgIpc) is 2.14. The molecule has 2 heteroatoms. The molecule has 0 aromatic carbocycles. The predicted molar refractivity (Wildman–Crippen MR) is 40.1 cm³/mol. The molecule has 0 saturated carbocycles. The lowest BCUT2D eigenvalue weighted by Gasteiger charge is -1.95. The van der Waals surface area contributed by atoms with E-state index in [2.05, 4.69) is 13.8 Å². The van der Waals surface area contributed by atoms with Crippen LogP contribution in [0.1, 0.15) is 24.6 Å². The van der Waals surface area contributed by atoms with Crippen molar-refractivity contribution < 1.29 is 5.11 Å². The van der Waals surface area contributed by atoms with E-state index in [-0.39, 0.29) is 0 Å². The second-order valence-electron chi connectivity index (χ2n) is 2.33. The molecule has 0 aliphatic heterocycles. The topological polar surface area (TPSA) is 20.2 Å². The van der Waals surface area contributed by atoms with Crippen LogP contribution in [0, 0.1) is 0 Å². The Hall–Kier alpha value is -0.500. The summed E-state index contributed by atoms with van der Waals surface area (Å²) in [6, 6.07) is 3.70. The van der Waals surface area contributed by atoms with Crippen LogP contribution in [-0.4, -0.2) is 5.11 Å². The molecule has 9 heavy (non-hydrogen) atoms. The van der Waals surface area contributed by atoms with E-state index >= 15 is 0 Å². The van der Waals surface area contributed by atoms with Crippen molar-refractivity contribution in [3.8, 4) is 5.06 Å². The molecule has 0 atom stereocenters. The van der Waals surface area contributed by atoms with Crippen LogP contribution in [0.25, 0.3) is 0 Å². The van der Waals surface area contributed by atoms with Gasteiger partial charge in [0.05, 0.1) is 0 Å². The minimum Gasteiger partial charge on any atom is -0.499 e. The number of hydrogen-bond acceptors (Lipinski definition) is 2. The minimum atomic E-state index is 0.415. The van der Waals surface area contributed by atoms with E-state index in [0.717, 1.165) is 0 Å². The van der Waals surface area contributed by atoms with Crippen molar-refractivity contribution in [1.29, 1.82) is 0 Å². The van der Waals surface area contributed by atoms with Crippen LogP contribution in [0.4, 0.5) is 0 Å². The third kappa shape index (κ3) is 1.45. The van der Waals surface area contributed by atoms with Gasteiger partial charge in [0.1, 0.15) is 0 Å². The molecule has 0 aliphatic rings. The highest BCUT2D eigenvalue weighted by atomic mass is 32.1. The van der Waals surface area contributed by atoms with Crippen molar-refractivity contribution in [3.63, 3.8) is 0 Å². The summed E-state index contributed by atoms with van der Waals surface area (Å²) in [7, 11) is 0. The SMILES string of the molecule is CC(C)c1ccc(O)s1. The monoisotopic (exact) mass is 142 g/mol. The minimum absolute atomic E-state index is 0.415. The Morgan fingerprint density at radius 1 is 1.44 bits per heavy atom. The van der Waals surface area contributed by atoms with E-state index in [0.29, 0.717) is 11.0 Å². The Kier molecular flexibility index (Phi) is 1.76. The Balaban J connectivity index is 2.85. The summed E-state index contributed by atoms with van der Waals surface area (Å²) < 4.78 is 0. The quantitative estimate of drug-likeness (QED) is 0.639. The molecule has 0 aliphatic carbocycles. The van der Waals surface area contributed by atoms with Crippen molar-refractivity contribution >= 4 is 11.3 Å². The van der Waals surface area contributed by atoms with Crippen molar-refractivity contribution in [1.82, 2.24) is 0 Å². The van der Waals surface area contributed by atoms with Gasteiger partial charge in [0.25, 0.3) is 0 Å².